The molecule has 0 aliphatic rings. The first-order valence-electron chi connectivity index (χ1n) is 6.22. The molecule has 21 heavy (non-hydrogen) atoms. The molecular weight excluding hydrogens is 288 g/mol. The highest BCUT2D eigenvalue weighted by molar-refractivity contribution is 6.36. The van der Waals surface area contributed by atoms with Gasteiger partial charge in [0.15, 0.2) is 5.69 Å². The van der Waals surface area contributed by atoms with Gasteiger partial charge in [0.2, 0.25) is 0 Å². The number of carbonyl (C=O) groups is 1. The molecule has 2 heterocycles. The predicted octanol–water partition coefficient (Wildman–Crippen LogP) is 3.12. The van der Waals surface area contributed by atoms with Gasteiger partial charge in [0, 0.05) is 17.8 Å². The number of pyridine rings is 2. The summed E-state index contributed by atoms with van der Waals surface area (Å²) in [6.45, 7) is 0. The molecule has 0 fully saturated rings. The van der Waals surface area contributed by atoms with Crippen LogP contribution < -0.4 is 11.1 Å². The van der Waals surface area contributed by atoms with Crippen molar-refractivity contribution in [2.75, 3.05) is 11.1 Å². The highest BCUT2D eigenvalue weighted by atomic mass is 35.5. The number of aromatic nitrogens is 2. The highest BCUT2D eigenvalue weighted by Crippen LogP contribution is 2.28. The van der Waals surface area contributed by atoms with Crippen LogP contribution in [-0.2, 0) is 0 Å². The van der Waals surface area contributed by atoms with Gasteiger partial charge in [0.05, 0.1) is 21.9 Å². The third-order valence-corrected chi connectivity index (χ3v) is 3.35. The quantitative estimate of drug-likeness (QED) is 0.761. The summed E-state index contributed by atoms with van der Waals surface area (Å²) in [7, 11) is 0. The van der Waals surface area contributed by atoms with Crippen molar-refractivity contribution in [3.63, 3.8) is 0 Å². The maximum atomic E-state index is 12.2. The number of benzene rings is 1. The lowest BCUT2D eigenvalue weighted by Crippen LogP contribution is -2.16. The molecule has 0 atom stereocenters. The van der Waals surface area contributed by atoms with E-state index in [1.54, 1.807) is 36.5 Å². The number of halogens is 1. The number of hydrogen-bond donors (Lipinski definition) is 2. The van der Waals surface area contributed by atoms with E-state index in [9.17, 15) is 4.79 Å². The summed E-state index contributed by atoms with van der Waals surface area (Å²) in [5.74, 6) is -0.387. The van der Waals surface area contributed by atoms with E-state index >= 15 is 0 Å². The minimum Gasteiger partial charge on any atom is -0.397 e. The Balaban J connectivity index is 2.01. The Labute approximate surface area is 125 Å². The Morgan fingerprint density at radius 2 is 1.86 bits per heavy atom. The highest BCUT2D eigenvalue weighted by Gasteiger charge is 2.13. The number of nitrogens with zero attached hydrogens (tertiary/aromatic N) is 2. The third-order valence-electron chi connectivity index (χ3n) is 3.02. The van der Waals surface area contributed by atoms with Crippen LogP contribution in [0.5, 0.6) is 0 Å². The number of nitrogens with one attached hydrogen (secondary N) is 1. The van der Waals surface area contributed by atoms with Crippen molar-refractivity contribution in [2.24, 2.45) is 0 Å². The molecule has 0 aliphatic heterocycles. The molecule has 6 heteroatoms. The maximum Gasteiger partial charge on any atom is 0.276 e. The normalized spacial score (nSPS) is 10.5. The fraction of sp³-hybridized carbons (Fsp3) is 0. The second kappa shape index (κ2) is 5.38. The number of nitrogen functional groups attached to an aromatic ring is 1. The van der Waals surface area contributed by atoms with E-state index < -0.39 is 0 Å². The number of nitrogens with two attached hydrogens (primary N) is 1. The van der Waals surface area contributed by atoms with Gasteiger partial charge in [0.1, 0.15) is 0 Å². The lowest BCUT2D eigenvalue weighted by atomic mass is 10.2. The first-order valence-corrected chi connectivity index (χ1v) is 6.59. The number of amides is 1. The minimum absolute atomic E-state index is 0.177. The van der Waals surface area contributed by atoms with Crippen LogP contribution in [0, 0.1) is 0 Å². The maximum absolute atomic E-state index is 12.2. The molecule has 1 amide bonds. The van der Waals surface area contributed by atoms with Crippen LogP contribution in [0.25, 0.3) is 10.9 Å². The lowest BCUT2D eigenvalue weighted by molar-refractivity contribution is 0.102. The smallest absolute Gasteiger partial charge is 0.276 e. The molecule has 3 rings (SSSR count). The monoisotopic (exact) mass is 298 g/mol. The molecule has 0 unspecified atom stereocenters. The van der Waals surface area contributed by atoms with Crippen molar-refractivity contribution < 1.29 is 4.79 Å². The average molecular weight is 299 g/mol. The van der Waals surface area contributed by atoms with Gasteiger partial charge in [-0.1, -0.05) is 11.6 Å². The molecule has 5 nitrogen and oxygen atoms in total. The fourth-order valence-electron chi connectivity index (χ4n) is 2.03. The van der Waals surface area contributed by atoms with Crippen molar-refractivity contribution in [2.45, 2.75) is 0 Å². The van der Waals surface area contributed by atoms with Gasteiger partial charge in [-0.25, -0.2) is 4.98 Å². The summed E-state index contributed by atoms with van der Waals surface area (Å²) in [5, 5.41) is 4.11. The Kier molecular flexibility index (Phi) is 3.41. The van der Waals surface area contributed by atoms with Gasteiger partial charge in [-0.3, -0.25) is 9.78 Å². The molecule has 104 valence electrons. The van der Waals surface area contributed by atoms with Crippen LogP contribution in [-0.4, -0.2) is 15.9 Å². The minimum atomic E-state index is -0.387. The number of hydrogen-bond acceptors (Lipinski definition) is 4. The number of carbonyl (C=O) groups excluding carboxylic acids is 1. The average Bonchev–Trinajstić information content (AvgIpc) is 2.51. The number of rotatable bonds is 2. The molecule has 0 saturated heterocycles. The standard InChI is InChI=1S/C15H11ClN4O/c16-10-5-6-12(13-9(10)3-1-7-18-13)20-15(21)14-11(17)4-2-8-19-14/h1-8H,17H2,(H,20,21). The molecule has 3 aromatic rings. The SMILES string of the molecule is Nc1cccnc1C(=O)Nc1ccc(Cl)c2cccnc12. The van der Waals surface area contributed by atoms with E-state index in [4.69, 9.17) is 17.3 Å². The second-order valence-corrected chi connectivity index (χ2v) is 4.80. The molecule has 1 aromatic carbocycles. The van der Waals surface area contributed by atoms with E-state index in [0.29, 0.717) is 21.9 Å². The Morgan fingerprint density at radius 1 is 1.10 bits per heavy atom. The zero-order valence-electron chi connectivity index (χ0n) is 10.9. The molecule has 0 saturated carbocycles. The van der Waals surface area contributed by atoms with Gasteiger partial charge in [-0.15, -0.1) is 0 Å². The largest absolute Gasteiger partial charge is 0.397 e. The second-order valence-electron chi connectivity index (χ2n) is 4.39. The topological polar surface area (TPSA) is 80.9 Å². The first-order chi connectivity index (χ1) is 10.2. The van der Waals surface area contributed by atoms with Gasteiger partial charge in [-0.05, 0) is 36.4 Å². The van der Waals surface area contributed by atoms with Crippen molar-refractivity contribution in [1.82, 2.24) is 9.97 Å². The summed E-state index contributed by atoms with van der Waals surface area (Å²) >= 11 is 6.12. The van der Waals surface area contributed by atoms with E-state index in [-0.39, 0.29) is 11.6 Å². The summed E-state index contributed by atoms with van der Waals surface area (Å²) in [6.07, 6.45) is 3.16. The molecule has 3 N–H and O–H groups in total. The van der Waals surface area contributed by atoms with Crippen molar-refractivity contribution in [3.05, 3.63) is 59.5 Å². The number of fused-ring (bicyclic) bond motifs is 1. The van der Waals surface area contributed by atoms with Gasteiger partial charge >= 0.3 is 0 Å². The van der Waals surface area contributed by atoms with Crippen LogP contribution >= 0.6 is 11.6 Å². The van der Waals surface area contributed by atoms with Gasteiger partial charge < -0.3 is 11.1 Å². The zero-order valence-corrected chi connectivity index (χ0v) is 11.6. The zero-order chi connectivity index (χ0) is 14.8. The van der Waals surface area contributed by atoms with E-state index in [2.05, 4.69) is 15.3 Å². The van der Waals surface area contributed by atoms with Crippen molar-refractivity contribution in [3.8, 4) is 0 Å². The van der Waals surface area contributed by atoms with Gasteiger partial charge in [-0.2, -0.15) is 0 Å². The molecule has 0 spiro atoms. The molecule has 0 bridgehead atoms. The molecule has 0 aliphatic carbocycles. The van der Waals surface area contributed by atoms with E-state index in [0.717, 1.165) is 5.39 Å². The summed E-state index contributed by atoms with van der Waals surface area (Å²) in [4.78, 5) is 20.5. The lowest BCUT2D eigenvalue weighted by Gasteiger charge is -2.09. The Bertz CT molecular complexity index is 835. The van der Waals surface area contributed by atoms with Crippen LogP contribution in [0.4, 0.5) is 11.4 Å². The summed E-state index contributed by atoms with van der Waals surface area (Å²) in [5.41, 5.74) is 7.43. The van der Waals surface area contributed by atoms with Crippen LogP contribution in [0.15, 0.2) is 48.8 Å². The summed E-state index contributed by atoms with van der Waals surface area (Å²) < 4.78 is 0. The fourth-order valence-corrected chi connectivity index (χ4v) is 2.24. The van der Waals surface area contributed by atoms with Crippen LogP contribution in [0.2, 0.25) is 5.02 Å². The van der Waals surface area contributed by atoms with E-state index in [1.165, 1.54) is 6.20 Å². The van der Waals surface area contributed by atoms with Crippen molar-refractivity contribution in [1.29, 1.82) is 0 Å². The van der Waals surface area contributed by atoms with Crippen LogP contribution in [0.3, 0.4) is 0 Å². The summed E-state index contributed by atoms with van der Waals surface area (Å²) in [6, 6.07) is 10.3. The van der Waals surface area contributed by atoms with Gasteiger partial charge in [0.25, 0.3) is 5.91 Å². The first kappa shape index (κ1) is 13.3. The predicted molar refractivity (Wildman–Crippen MR) is 83.4 cm³/mol. The molecule has 0 radical (unpaired) electrons. The Hall–Kier alpha value is -2.66. The van der Waals surface area contributed by atoms with Crippen LogP contribution in [0.1, 0.15) is 10.5 Å². The third kappa shape index (κ3) is 2.51. The number of anilines is 2. The van der Waals surface area contributed by atoms with Crippen molar-refractivity contribution >= 4 is 39.8 Å². The Morgan fingerprint density at radius 3 is 2.67 bits per heavy atom. The molecular formula is C15H11ClN4O. The molecule has 2 aromatic heterocycles. The van der Waals surface area contributed by atoms with E-state index in [1.807, 2.05) is 6.07 Å².